The van der Waals surface area contributed by atoms with Crippen LogP contribution in [-0.2, 0) is 14.8 Å². The van der Waals surface area contributed by atoms with Gasteiger partial charge in [0.2, 0.25) is 15.9 Å². The number of carbonyl (C=O) groups is 1. The molecule has 0 spiro atoms. The van der Waals surface area contributed by atoms with Gasteiger partial charge in [-0.1, -0.05) is 6.42 Å². The fourth-order valence-corrected chi connectivity index (χ4v) is 4.25. The van der Waals surface area contributed by atoms with Crippen LogP contribution >= 0.6 is 0 Å². The minimum atomic E-state index is -3.51. The smallest absolute Gasteiger partial charge is 0.240 e. The predicted molar refractivity (Wildman–Crippen MR) is 90.4 cm³/mol. The van der Waals surface area contributed by atoms with Gasteiger partial charge in [-0.3, -0.25) is 4.79 Å². The summed E-state index contributed by atoms with van der Waals surface area (Å²) < 4.78 is 26.6. The Morgan fingerprint density at radius 3 is 2.48 bits per heavy atom. The molecule has 4 N–H and O–H groups in total. The number of amides is 1. The van der Waals surface area contributed by atoms with E-state index in [4.69, 9.17) is 5.73 Å². The van der Waals surface area contributed by atoms with Crippen molar-refractivity contribution >= 4 is 21.6 Å². The Morgan fingerprint density at radius 2 is 1.91 bits per heavy atom. The van der Waals surface area contributed by atoms with E-state index in [1.807, 2.05) is 0 Å². The standard InChI is InChI=1S/C16H25N3O3S/c1-11(2)19-23(21,22)14-8-6-13(7-9-14)18-16(20)15-5-3-4-12(15)10-17/h6-9,11-12,15,19H,3-5,10,17H2,1-2H3,(H,18,20)/t12-,15-/m1/s1. The molecule has 1 saturated carbocycles. The van der Waals surface area contributed by atoms with E-state index in [0.717, 1.165) is 19.3 Å². The topological polar surface area (TPSA) is 101 Å². The molecule has 0 bridgehead atoms. The summed E-state index contributed by atoms with van der Waals surface area (Å²) in [4.78, 5) is 12.5. The lowest BCUT2D eigenvalue weighted by atomic mass is 9.95. The first-order valence-electron chi connectivity index (χ1n) is 7.97. The molecule has 0 saturated heterocycles. The lowest BCUT2D eigenvalue weighted by molar-refractivity contribution is -0.120. The highest BCUT2D eigenvalue weighted by molar-refractivity contribution is 7.89. The molecule has 0 heterocycles. The van der Waals surface area contributed by atoms with Crippen LogP contribution < -0.4 is 15.8 Å². The molecular formula is C16H25N3O3S. The average molecular weight is 339 g/mol. The molecule has 0 aromatic heterocycles. The molecule has 7 heteroatoms. The molecule has 1 aliphatic carbocycles. The second kappa shape index (κ2) is 7.42. The number of hydrogen-bond donors (Lipinski definition) is 3. The van der Waals surface area contributed by atoms with E-state index in [1.54, 1.807) is 26.0 Å². The van der Waals surface area contributed by atoms with Crippen LogP contribution in [0.25, 0.3) is 0 Å². The quantitative estimate of drug-likeness (QED) is 0.734. The van der Waals surface area contributed by atoms with Crippen molar-refractivity contribution in [3.05, 3.63) is 24.3 Å². The Hall–Kier alpha value is -1.44. The molecule has 2 atom stereocenters. The van der Waals surface area contributed by atoms with Gasteiger partial charge in [-0.25, -0.2) is 13.1 Å². The van der Waals surface area contributed by atoms with Crippen molar-refractivity contribution in [2.24, 2.45) is 17.6 Å². The number of carbonyl (C=O) groups excluding carboxylic acids is 1. The third kappa shape index (κ3) is 4.53. The van der Waals surface area contributed by atoms with Crippen LogP contribution in [0, 0.1) is 11.8 Å². The highest BCUT2D eigenvalue weighted by Crippen LogP contribution is 2.31. The van der Waals surface area contributed by atoms with Crippen molar-refractivity contribution in [2.75, 3.05) is 11.9 Å². The summed E-state index contributed by atoms with van der Waals surface area (Å²) in [5.74, 6) is 0.157. The normalized spacial score (nSPS) is 21.6. The minimum Gasteiger partial charge on any atom is -0.330 e. The molecule has 6 nitrogen and oxygen atoms in total. The Morgan fingerprint density at radius 1 is 1.26 bits per heavy atom. The number of rotatable bonds is 6. The summed E-state index contributed by atoms with van der Waals surface area (Å²) in [5, 5.41) is 2.86. The van der Waals surface area contributed by atoms with Crippen LogP contribution in [-0.4, -0.2) is 26.9 Å². The van der Waals surface area contributed by atoms with Gasteiger partial charge < -0.3 is 11.1 Å². The molecule has 1 aromatic carbocycles. The molecule has 2 rings (SSSR count). The maximum absolute atomic E-state index is 12.3. The lowest BCUT2D eigenvalue weighted by Gasteiger charge is -2.17. The summed E-state index contributed by atoms with van der Waals surface area (Å²) in [6.07, 6.45) is 2.88. The highest BCUT2D eigenvalue weighted by Gasteiger charge is 2.31. The Labute approximate surface area is 137 Å². The third-order valence-electron chi connectivity index (χ3n) is 4.12. The number of nitrogens with one attached hydrogen (secondary N) is 2. The first-order chi connectivity index (χ1) is 10.8. The van der Waals surface area contributed by atoms with Crippen LogP contribution in [0.4, 0.5) is 5.69 Å². The number of anilines is 1. The van der Waals surface area contributed by atoms with Crippen LogP contribution in [0.3, 0.4) is 0 Å². The fourth-order valence-electron chi connectivity index (χ4n) is 2.99. The molecular weight excluding hydrogens is 314 g/mol. The second-order valence-electron chi connectivity index (χ2n) is 6.32. The van der Waals surface area contributed by atoms with E-state index >= 15 is 0 Å². The van der Waals surface area contributed by atoms with Crippen LogP contribution in [0.15, 0.2) is 29.2 Å². The first kappa shape index (κ1) is 17.9. The predicted octanol–water partition coefficient (Wildman–Crippen LogP) is 1.69. The van der Waals surface area contributed by atoms with Gasteiger partial charge in [-0.2, -0.15) is 0 Å². The minimum absolute atomic E-state index is 0.0335. The van der Waals surface area contributed by atoms with Crippen LogP contribution in [0.5, 0.6) is 0 Å². The maximum Gasteiger partial charge on any atom is 0.240 e. The first-order valence-corrected chi connectivity index (χ1v) is 9.45. The SMILES string of the molecule is CC(C)NS(=O)(=O)c1ccc(NC(=O)[C@@H]2CCC[C@@H]2CN)cc1. The lowest BCUT2D eigenvalue weighted by Crippen LogP contribution is -2.30. The van der Waals surface area contributed by atoms with Crippen molar-refractivity contribution < 1.29 is 13.2 Å². The molecule has 128 valence electrons. The number of hydrogen-bond acceptors (Lipinski definition) is 4. The molecule has 0 unspecified atom stereocenters. The molecule has 1 fully saturated rings. The Bertz CT molecular complexity index is 641. The van der Waals surface area contributed by atoms with E-state index in [0.29, 0.717) is 12.2 Å². The van der Waals surface area contributed by atoms with Crippen molar-refractivity contribution in [3.8, 4) is 0 Å². The van der Waals surface area contributed by atoms with Crippen molar-refractivity contribution in [1.29, 1.82) is 0 Å². The number of sulfonamides is 1. The number of nitrogens with two attached hydrogens (primary N) is 1. The fraction of sp³-hybridized carbons (Fsp3) is 0.562. The summed E-state index contributed by atoms with van der Waals surface area (Å²) >= 11 is 0. The zero-order valence-electron chi connectivity index (χ0n) is 13.6. The van der Waals surface area contributed by atoms with Crippen molar-refractivity contribution in [2.45, 2.75) is 44.0 Å². The molecule has 0 radical (unpaired) electrons. The second-order valence-corrected chi connectivity index (χ2v) is 8.04. The summed E-state index contributed by atoms with van der Waals surface area (Å²) in [6.45, 7) is 4.05. The van der Waals surface area contributed by atoms with Crippen molar-refractivity contribution in [1.82, 2.24) is 4.72 Å². The van der Waals surface area contributed by atoms with Gasteiger partial charge >= 0.3 is 0 Å². The zero-order valence-corrected chi connectivity index (χ0v) is 14.4. The Balaban J connectivity index is 2.04. The maximum atomic E-state index is 12.3. The van der Waals surface area contributed by atoms with Gasteiger partial charge in [0.25, 0.3) is 0 Å². The van der Waals surface area contributed by atoms with Gasteiger partial charge in [0.1, 0.15) is 0 Å². The van der Waals surface area contributed by atoms with Crippen LogP contribution in [0.1, 0.15) is 33.1 Å². The van der Waals surface area contributed by atoms with E-state index in [2.05, 4.69) is 10.0 Å². The summed E-state index contributed by atoms with van der Waals surface area (Å²) in [5.41, 5.74) is 6.31. The van der Waals surface area contributed by atoms with Gasteiger partial charge in [-0.05, 0) is 63.4 Å². The molecule has 23 heavy (non-hydrogen) atoms. The highest BCUT2D eigenvalue weighted by atomic mass is 32.2. The zero-order chi connectivity index (χ0) is 17.0. The number of benzene rings is 1. The monoisotopic (exact) mass is 339 g/mol. The Kier molecular flexibility index (Phi) is 5.78. The molecule has 0 aliphatic heterocycles. The van der Waals surface area contributed by atoms with Crippen LogP contribution in [0.2, 0.25) is 0 Å². The van der Waals surface area contributed by atoms with Gasteiger partial charge in [0, 0.05) is 17.6 Å². The summed E-state index contributed by atoms with van der Waals surface area (Å²) in [6, 6.07) is 6.04. The average Bonchev–Trinajstić information content (AvgIpc) is 2.95. The van der Waals surface area contributed by atoms with E-state index in [-0.39, 0.29) is 28.7 Å². The third-order valence-corrected chi connectivity index (χ3v) is 5.80. The van der Waals surface area contributed by atoms with Gasteiger partial charge in [0.05, 0.1) is 4.90 Å². The molecule has 1 amide bonds. The van der Waals surface area contributed by atoms with E-state index in [9.17, 15) is 13.2 Å². The van der Waals surface area contributed by atoms with Gasteiger partial charge in [0.15, 0.2) is 0 Å². The largest absolute Gasteiger partial charge is 0.330 e. The van der Waals surface area contributed by atoms with E-state index in [1.165, 1.54) is 12.1 Å². The molecule has 1 aromatic rings. The summed E-state index contributed by atoms with van der Waals surface area (Å²) in [7, 11) is -3.51. The van der Waals surface area contributed by atoms with Gasteiger partial charge in [-0.15, -0.1) is 0 Å². The van der Waals surface area contributed by atoms with E-state index < -0.39 is 10.0 Å². The molecule has 1 aliphatic rings. The van der Waals surface area contributed by atoms with Crippen molar-refractivity contribution in [3.63, 3.8) is 0 Å².